The lowest BCUT2D eigenvalue weighted by molar-refractivity contribution is 0.364. The quantitative estimate of drug-likeness (QED) is 0.631. The van der Waals surface area contributed by atoms with Crippen molar-refractivity contribution in [3.8, 4) is 0 Å². The molecule has 0 fully saturated rings. The molecule has 0 amide bonds. The highest BCUT2D eigenvalue weighted by atomic mass is 127. The van der Waals surface area contributed by atoms with Crippen molar-refractivity contribution >= 4 is 22.6 Å². The minimum atomic E-state index is -0.586. The Morgan fingerprint density at radius 1 is 1.33 bits per heavy atom. The third kappa shape index (κ3) is 2.36. The van der Waals surface area contributed by atoms with Gasteiger partial charge in [-0.15, -0.1) is 0 Å². The van der Waals surface area contributed by atoms with E-state index >= 15 is 0 Å². The second-order valence-electron chi connectivity index (χ2n) is 3.03. The van der Waals surface area contributed by atoms with Crippen molar-refractivity contribution in [1.82, 2.24) is 0 Å². The van der Waals surface area contributed by atoms with E-state index in [1.165, 1.54) is 0 Å². The number of hydrogen-bond donors (Lipinski definition) is 0. The first kappa shape index (κ1) is 9.83. The van der Waals surface area contributed by atoms with E-state index < -0.39 is 5.82 Å². The molecule has 12 heavy (non-hydrogen) atoms. The maximum Gasteiger partial charge on any atom is 0.519 e. The van der Waals surface area contributed by atoms with Crippen molar-refractivity contribution in [2.24, 2.45) is 5.92 Å². The van der Waals surface area contributed by atoms with Crippen LogP contribution in [-0.4, -0.2) is 0 Å². The maximum atomic E-state index is 10.7. The van der Waals surface area contributed by atoms with Gasteiger partial charge in [0.25, 0.3) is 0 Å². The minimum absolute atomic E-state index is 0.479. The van der Waals surface area contributed by atoms with Gasteiger partial charge in [0, 0.05) is 6.42 Å². The first-order valence-electron chi connectivity index (χ1n) is 3.81. The summed E-state index contributed by atoms with van der Waals surface area (Å²) < 4.78 is 10.4. The lowest BCUT2D eigenvalue weighted by atomic mass is 10.1. The van der Waals surface area contributed by atoms with Gasteiger partial charge in [-0.25, -0.2) is 4.79 Å². The molecule has 0 radical (unpaired) electrons. The molecule has 1 aromatic heterocycles. The van der Waals surface area contributed by atoms with Crippen LogP contribution in [0.2, 0.25) is 0 Å². The Balaban J connectivity index is 2.89. The highest BCUT2D eigenvalue weighted by Crippen LogP contribution is 2.15. The fraction of sp³-hybridized carbons (Fsp3) is 0.625. The van der Waals surface area contributed by atoms with Crippen LogP contribution in [0.25, 0.3) is 0 Å². The van der Waals surface area contributed by atoms with Crippen LogP contribution >= 0.6 is 22.6 Å². The largest absolute Gasteiger partial charge is 0.519 e. The Kier molecular flexibility index (Phi) is 3.37. The van der Waals surface area contributed by atoms with Crippen LogP contribution in [0.1, 0.15) is 25.4 Å². The highest BCUT2D eigenvalue weighted by molar-refractivity contribution is 14.1. The van der Waals surface area contributed by atoms with E-state index in [9.17, 15) is 4.79 Å². The molecule has 0 aromatic carbocycles. The third-order valence-corrected chi connectivity index (χ3v) is 2.13. The zero-order valence-electron chi connectivity index (χ0n) is 7.09. The van der Waals surface area contributed by atoms with Gasteiger partial charge in [0.2, 0.25) is 0 Å². The van der Waals surface area contributed by atoms with Crippen LogP contribution in [0.3, 0.4) is 0 Å². The van der Waals surface area contributed by atoms with Gasteiger partial charge in [-0.05, 0) is 5.92 Å². The molecular formula is C8H11IO3. The Morgan fingerprint density at radius 3 is 2.42 bits per heavy atom. The van der Waals surface area contributed by atoms with Gasteiger partial charge >= 0.3 is 5.82 Å². The monoisotopic (exact) mass is 282 g/mol. The van der Waals surface area contributed by atoms with E-state index in [0.717, 1.165) is 6.42 Å². The van der Waals surface area contributed by atoms with Crippen molar-refractivity contribution in [2.45, 2.75) is 24.7 Å². The molecule has 0 aliphatic rings. The van der Waals surface area contributed by atoms with Crippen LogP contribution in [0.15, 0.2) is 13.6 Å². The van der Waals surface area contributed by atoms with E-state index in [1.54, 1.807) is 0 Å². The molecule has 3 nitrogen and oxygen atoms in total. The number of hydrogen-bond acceptors (Lipinski definition) is 3. The Morgan fingerprint density at radius 2 is 1.92 bits per heavy atom. The average molecular weight is 282 g/mol. The van der Waals surface area contributed by atoms with E-state index in [1.807, 2.05) is 0 Å². The molecule has 0 saturated carbocycles. The second-order valence-corrected chi connectivity index (χ2v) is 3.79. The summed E-state index contributed by atoms with van der Waals surface area (Å²) in [6, 6.07) is 0. The molecule has 0 spiro atoms. The molecule has 1 rings (SSSR count). The molecule has 0 unspecified atom stereocenters. The number of rotatable bonds is 3. The van der Waals surface area contributed by atoms with Gasteiger partial charge in [-0.2, -0.15) is 0 Å². The summed E-state index contributed by atoms with van der Waals surface area (Å²) in [6.07, 6.45) is 0.768. The van der Waals surface area contributed by atoms with Gasteiger partial charge in [0.1, 0.15) is 0 Å². The second kappa shape index (κ2) is 4.11. The van der Waals surface area contributed by atoms with Gasteiger partial charge in [-0.1, -0.05) is 36.4 Å². The lowest BCUT2D eigenvalue weighted by Gasteiger charge is -1.99. The first-order chi connectivity index (χ1) is 5.63. The van der Waals surface area contributed by atoms with Crippen LogP contribution in [0.4, 0.5) is 0 Å². The molecule has 68 valence electrons. The van der Waals surface area contributed by atoms with Crippen LogP contribution in [0, 0.1) is 5.92 Å². The predicted octanol–water partition coefficient (Wildman–Crippen LogP) is 2.37. The van der Waals surface area contributed by atoms with Crippen molar-refractivity contribution in [3.05, 3.63) is 22.1 Å². The molecule has 0 N–H and O–H groups in total. The van der Waals surface area contributed by atoms with Crippen LogP contribution in [0.5, 0.6) is 0 Å². The van der Waals surface area contributed by atoms with Crippen LogP contribution in [-0.2, 0) is 10.8 Å². The van der Waals surface area contributed by atoms with E-state index in [2.05, 4.69) is 36.4 Å². The SMILES string of the molecule is CC(C)Cc1oc(=O)oc1CI. The number of halogens is 1. The van der Waals surface area contributed by atoms with Crippen LogP contribution < -0.4 is 5.82 Å². The standard InChI is InChI=1S/C8H11IO3/c1-5(2)3-6-7(4-9)12-8(10)11-6/h5H,3-4H2,1-2H3. The zero-order chi connectivity index (χ0) is 9.14. The van der Waals surface area contributed by atoms with Crippen molar-refractivity contribution < 1.29 is 8.83 Å². The van der Waals surface area contributed by atoms with Crippen molar-refractivity contribution in [2.75, 3.05) is 0 Å². The first-order valence-corrected chi connectivity index (χ1v) is 5.33. The summed E-state index contributed by atoms with van der Waals surface area (Å²) in [6.45, 7) is 4.15. The molecule has 0 bridgehead atoms. The van der Waals surface area contributed by atoms with Crippen molar-refractivity contribution in [1.29, 1.82) is 0 Å². The summed E-state index contributed by atoms with van der Waals surface area (Å²) in [5, 5.41) is 0. The number of alkyl halides is 1. The van der Waals surface area contributed by atoms with E-state index in [-0.39, 0.29) is 0 Å². The van der Waals surface area contributed by atoms with Gasteiger partial charge in [-0.3, -0.25) is 0 Å². The molecule has 1 heterocycles. The zero-order valence-corrected chi connectivity index (χ0v) is 9.25. The Bertz CT molecular complexity index is 297. The molecule has 0 atom stereocenters. The summed E-state index contributed by atoms with van der Waals surface area (Å²) in [7, 11) is 0. The summed E-state index contributed by atoms with van der Waals surface area (Å²) in [4.78, 5) is 10.7. The summed E-state index contributed by atoms with van der Waals surface area (Å²) in [5.74, 6) is 1.27. The smallest absolute Gasteiger partial charge is 0.396 e. The van der Waals surface area contributed by atoms with E-state index in [0.29, 0.717) is 21.9 Å². The van der Waals surface area contributed by atoms with Gasteiger partial charge in [0.05, 0.1) is 4.43 Å². The third-order valence-electron chi connectivity index (χ3n) is 1.44. The normalized spacial score (nSPS) is 11.0. The topological polar surface area (TPSA) is 43.4 Å². The maximum absolute atomic E-state index is 10.7. The van der Waals surface area contributed by atoms with E-state index in [4.69, 9.17) is 8.83 Å². The summed E-state index contributed by atoms with van der Waals surface area (Å²) in [5.41, 5.74) is 0. The minimum Gasteiger partial charge on any atom is -0.396 e. The Labute approximate surface area is 84.3 Å². The molecule has 0 aliphatic heterocycles. The molecule has 0 aliphatic carbocycles. The fourth-order valence-electron chi connectivity index (χ4n) is 0.964. The molecule has 4 heteroatoms. The Hall–Kier alpha value is -0.260. The highest BCUT2D eigenvalue weighted by Gasteiger charge is 2.12. The lowest BCUT2D eigenvalue weighted by Crippen LogP contribution is -1.95. The van der Waals surface area contributed by atoms with Crippen molar-refractivity contribution in [3.63, 3.8) is 0 Å². The average Bonchev–Trinajstić information content (AvgIpc) is 2.29. The molecule has 0 saturated heterocycles. The molecular weight excluding hydrogens is 271 g/mol. The van der Waals surface area contributed by atoms with Gasteiger partial charge < -0.3 is 8.83 Å². The summed E-state index contributed by atoms with van der Waals surface area (Å²) >= 11 is 2.15. The van der Waals surface area contributed by atoms with Gasteiger partial charge in [0.15, 0.2) is 11.5 Å². The fourth-order valence-corrected chi connectivity index (χ4v) is 1.55. The predicted molar refractivity (Wildman–Crippen MR) is 53.5 cm³/mol. The molecule has 1 aromatic rings.